The lowest BCUT2D eigenvalue weighted by molar-refractivity contribution is 0.602. The van der Waals surface area contributed by atoms with Gasteiger partial charge in [-0.2, -0.15) is 0 Å². The molecule has 0 saturated carbocycles. The van der Waals surface area contributed by atoms with Crippen molar-refractivity contribution in [3.63, 3.8) is 0 Å². The standard InChI is InChI=1S/C13H9ClN2O2S3/c1-21(17,18)9-4-2-8(3-5-9)20-12-10-6-7-19-11(10)15-13(14)16-12/h2-7H,1H3. The summed E-state index contributed by atoms with van der Waals surface area (Å²) in [6.07, 6.45) is 1.19. The maximum absolute atomic E-state index is 11.4. The lowest BCUT2D eigenvalue weighted by Gasteiger charge is -2.04. The molecule has 3 aromatic rings. The average Bonchev–Trinajstić information content (AvgIpc) is 2.86. The Morgan fingerprint density at radius 3 is 2.52 bits per heavy atom. The van der Waals surface area contributed by atoms with Gasteiger partial charge in [-0.05, 0) is 47.3 Å². The van der Waals surface area contributed by atoms with Crippen LogP contribution in [0.3, 0.4) is 0 Å². The SMILES string of the molecule is CS(=O)(=O)c1ccc(Sc2nc(Cl)nc3sccc23)cc1. The molecule has 0 saturated heterocycles. The second-order valence-electron chi connectivity index (χ2n) is 4.28. The molecule has 0 unspecified atom stereocenters. The predicted octanol–water partition coefficient (Wildman–Crippen LogP) is 3.90. The highest BCUT2D eigenvalue weighted by molar-refractivity contribution is 7.99. The number of fused-ring (bicyclic) bond motifs is 1. The molecular weight excluding hydrogens is 348 g/mol. The topological polar surface area (TPSA) is 59.9 Å². The van der Waals surface area contributed by atoms with Crippen LogP contribution in [-0.4, -0.2) is 24.6 Å². The third-order valence-corrected chi connectivity index (χ3v) is 5.85. The van der Waals surface area contributed by atoms with Crippen LogP contribution in [0.15, 0.2) is 50.5 Å². The average molecular weight is 357 g/mol. The summed E-state index contributed by atoms with van der Waals surface area (Å²) in [6, 6.07) is 8.64. The third kappa shape index (κ3) is 3.21. The van der Waals surface area contributed by atoms with E-state index in [4.69, 9.17) is 11.6 Å². The van der Waals surface area contributed by atoms with Crippen molar-refractivity contribution >= 4 is 54.8 Å². The van der Waals surface area contributed by atoms with Gasteiger partial charge in [0, 0.05) is 16.5 Å². The number of hydrogen-bond donors (Lipinski definition) is 0. The fourth-order valence-corrected chi connectivity index (χ4v) is 4.38. The molecule has 0 aliphatic rings. The fourth-order valence-electron chi connectivity index (χ4n) is 1.75. The minimum absolute atomic E-state index is 0.209. The van der Waals surface area contributed by atoms with Gasteiger partial charge in [0.15, 0.2) is 9.84 Å². The zero-order valence-corrected chi connectivity index (χ0v) is 14.0. The minimum Gasteiger partial charge on any atom is -0.224 e. The number of benzene rings is 1. The van der Waals surface area contributed by atoms with Gasteiger partial charge < -0.3 is 0 Å². The van der Waals surface area contributed by atoms with Gasteiger partial charge in [-0.25, -0.2) is 18.4 Å². The van der Waals surface area contributed by atoms with E-state index in [1.165, 1.54) is 29.4 Å². The summed E-state index contributed by atoms with van der Waals surface area (Å²) in [6.45, 7) is 0. The van der Waals surface area contributed by atoms with E-state index in [1.807, 2.05) is 11.4 Å². The third-order valence-electron chi connectivity index (χ3n) is 2.73. The molecule has 0 atom stereocenters. The molecule has 0 spiro atoms. The Kier molecular flexibility index (Phi) is 3.92. The Labute approximate surface area is 135 Å². The van der Waals surface area contributed by atoms with E-state index < -0.39 is 9.84 Å². The molecule has 2 aromatic heterocycles. The molecule has 4 nitrogen and oxygen atoms in total. The zero-order chi connectivity index (χ0) is 15.0. The van der Waals surface area contributed by atoms with E-state index in [0.717, 1.165) is 20.1 Å². The molecular formula is C13H9ClN2O2S3. The summed E-state index contributed by atoms with van der Waals surface area (Å²) in [5, 5.41) is 3.85. The van der Waals surface area contributed by atoms with Crippen molar-refractivity contribution in [3.05, 3.63) is 41.0 Å². The smallest absolute Gasteiger partial charge is 0.224 e. The number of aromatic nitrogens is 2. The number of sulfone groups is 1. The van der Waals surface area contributed by atoms with Crippen molar-refractivity contribution in [2.45, 2.75) is 14.8 Å². The minimum atomic E-state index is -3.18. The molecule has 8 heteroatoms. The molecule has 0 aliphatic heterocycles. The van der Waals surface area contributed by atoms with Crippen molar-refractivity contribution in [1.29, 1.82) is 0 Å². The molecule has 1 aromatic carbocycles. The van der Waals surface area contributed by atoms with Crippen molar-refractivity contribution in [2.75, 3.05) is 6.26 Å². The van der Waals surface area contributed by atoms with Crippen LogP contribution in [0.25, 0.3) is 10.2 Å². The largest absolute Gasteiger partial charge is 0.224 e. The molecule has 0 radical (unpaired) electrons. The molecule has 0 amide bonds. The Hall–Kier alpha value is -1.15. The van der Waals surface area contributed by atoms with Crippen LogP contribution in [0, 0.1) is 0 Å². The Bertz CT molecular complexity index is 905. The number of hydrogen-bond acceptors (Lipinski definition) is 6. The van der Waals surface area contributed by atoms with Crippen LogP contribution in [0.5, 0.6) is 0 Å². The first-order valence-electron chi connectivity index (χ1n) is 5.82. The van der Waals surface area contributed by atoms with Crippen LogP contribution in [0.2, 0.25) is 5.28 Å². The van der Waals surface area contributed by atoms with Crippen LogP contribution in [0.1, 0.15) is 0 Å². The molecule has 0 bridgehead atoms. The second-order valence-corrected chi connectivity index (χ2v) is 8.59. The van der Waals surface area contributed by atoms with Crippen LogP contribution < -0.4 is 0 Å². The quantitative estimate of drug-likeness (QED) is 0.526. The van der Waals surface area contributed by atoms with E-state index in [2.05, 4.69) is 9.97 Å². The van der Waals surface area contributed by atoms with Crippen LogP contribution >= 0.6 is 34.7 Å². The van der Waals surface area contributed by atoms with Gasteiger partial charge in [0.1, 0.15) is 9.86 Å². The van der Waals surface area contributed by atoms with E-state index >= 15 is 0 Å². The van der Waals surface area contributed by atoms with Crippen LogP contribution in [0.4, 0.5) is 0 Å². The van der Waals surface area contributed by atoms with Gasteiger partial charge in [-0.15, -0.1) is 11.3 Å². The zero-order valence-electron chi connectivity index (χ0n) is 10.8. The molecule has 0 fully saturated rings. The molecule has 2 heterocycles. The van der Waals surface area contributed by atoms with Gasteiger partial charge in [0.05, 0.1) is 4.90 Å². The Morgan fingerprint density at radius 1 is 1.14 bits per heavy atom. The summed E-state index contributed by atoms with van der Waals surface area (Å²) >= 11 is 8.86. The fraction of sp³-hybridized carbons (Fsp3) is 0.0769. The second kappa shape index (κ2) is 5.57. The first-order valence-corrected chi connectivity index (χ1v) is 9.79. The van der Waals surface area contributed by atoms with Gasteiger partial charge in [-0.3, -0.25) is 0 Å². The molecule has 0 N–H and O–H groups in total. The Morgan fingerprint density at radius 2 is 1.86 bits per heavy atom. The molecule has 3 rings (SSSR count). The van der Waals surface area contributed by atoms with E-state index in [9.17, 15) is 8.42 Å². The summed E-state index contributed by atoms with van der Waals surface area (Å²) in [7, 11) is -3.18. The highest BCUT2D eigenvalue weighted by atomic mass is 35.5. The van der Waals surface area contributed by atoms with Crippen molar-refractivity contribution in [3.8, 4) is 0 Å². The summed E-state index contributed by atoms with van der Waals surface area (Å²) in [5.74, 6) is 0. The van der Waals surface area contributed by atoms with E-state index in [-0.39, 0.29) is 5.28 Å². The number of thiophene rings is 1. The highest BCUT2D eigenvalue weighted by Gasteiger charge is 2.11. The lowest BCUT2D eigenvalue weighted by Crippen LogP contribution is -1.96. The molecule has 0 aliphatic carbocycles. The number of halogens is 1. The first kappa shape index (κ1) is 14.8. The monoisotopic (exact) mass is 356 g/mol. The summed E-state index contributed by atoms with van der Waals surface area (Å²) < 4.78 is 22.9. The van der Waals surface area contributed by atoms with E-state index in [1.54, 1.807) is 24.3 Å². The Balaban J connectivity index is 1.97. The summed E-state index contributed by atoms with van der Waals surface area (Å²) in [4.78, 5) is 10.4. The lowest BCUT2D eigenvalue weighted by atomic mass is 10.4. The maximum atomic E-state index is 11.4. The van der Waals surface area contributed by atoms with Crippen molar-refractivity contribution in [2.24, 2.45) is 0 Å². The summed E-state index contributed by atoms with van der Waals surface area (Å²) in [5.41, 5.74) is 0. The van der Waals surface area contributed by atoms with Crippen molar-refractivity contribution in [1.82, 2.24) is 9.97 Å². The first-order chi connectivity index (χ1) is 9.93. The number of rotatable bonds is 3. The van der Waals surface area contributed by atoms with Crippen LogP contribution in [-0.2, 0) is 9.84 Å². The number of nitrogens with zero attached hydrogens (tertiary/aromatic N) is 2. The van der Waals surface area contributed by atoms with Gasteiger partial charge >= 0.3 is 0 Å². The molecule has 21 heavy (non-hydrogen) atoms. The van der Waals surface area contributed by atoms with Crippen molar-refractivity contribution < 1.29 is 8.42 Å². The van der Waals surface area contributed by atoms with Gasteiger partial charge in [0.25, 0.3) is 0 Å². The maximum Gasteiger partial charge on any atom is 0.224 e. The predicted molar refractivity (Wildman–Crippen MR) is 86.1 cm³/mol. The highest BCUT2D eigenvalue weighted by Crippen LogP contribution is 2.34. The van der Waals surface area contributed by atoms with Gasteiger partial charge in [0.2, 0.25) is 5.28 Å². The normalized spacial score (nSPS) is 11.9. The van der Waals surface area contributed by atoms with E-state index in [0.29, 0.717) is 4.90 Å². The molecule has 108 valence electrons. The van der Waals surface area contributed by atoms with Gasteiger partial charge in [-0.1, -0.05) is 11.8 Å².